The summed E-state index contributed by atoms with van der Waals surface area (Å²) in [4.78, 5) is 19.0. The number of carbonyl (C=O) groups is 2. The smallest absolute Gasteiger partial charge is 0.545 e. The van der Waals surface area contributed by atoms with Crippen LogP contribution in [0.2, 0.25) is 0 Å². The van der Waals surface area contributed by atoms with Gasteiger partial charge in [0, 0.05) is 0 Å². The minimum absolute atomic E-state index is 0. The van der Waals surface area contributed by atoms with Crippen LogP contribution < -0.4 is 69.3 Å². The van der Waals surface area contributed by atoms with Crippen molar-refractivity contribution >= 4 is 11.9 Å². The molecule has 4 nitrogen and oxygen atoms in total. The Morgan fingerprint density at radius 3 is 0.929 bits per heavy atom. The topological polar surface area (TPSA) is 80.3 Å². The summed E-state index contributed by atoms with van der Waals surface area (Å²) in [6.07, 6.45) is 0. The molecule has 0 aromatic rings. The molecule has 0 aliphatic rings. The van der Waals surface area contributed by atoms with Crippen molar-refractivity contribution in [2.75, 3.05) is 0 Å². The molecule has 0 saturated heterocycles. The van der Waals surface area contributed by atoms with Gasteiger partial charge in [-0.2, -0.15) is 0 Å². The van der Waals surface area contributed by atoms with Gasteiger partial charge in [-0.3, -0.25) is 0 Å². The van der Waals surface area contributed by atoms with Crippen LogP contribution in [-0.2, 0) is 9.59 Å². The van der Waals surface area contributed by atoms with E-state index in [9.17, 15) is 19.8 Å². The van der Waals surface area contributed by atoms with Crippen molar-refractivity contribution in [1.82, 2.24) is 0 Å². The van der Waals surface area contributed by atoms with Gasteiger partial charge in [-0.1, -0.05) is 13.2 Å². The summed E-state index contributed by atoms with van der Waals surface area (Å²) in [5.41, 5.74) is 0.130. The molecule has 0 aliphatic carbocycles. The van der Waals surface area contributed by atoms with Crippen molar-refractivity contribution in [2.45, 2.75) is 13.8 Å². The number of hydrogen-bond donors (Lipinski definition) is 0. The molecule has 0 radical (unpaired) electrons. The molecule has 0 amide bonds. The molecule has 0 saturated carbocycles. The predicted molar refractivity (Wildman–Crippen MR) is 39.6 cm³/mol. The standard InChI is InChI=1S/2C4H6O2.2Na/c2*1-3(2)4(5)6;;/h2*1H2,2H3,(H,5,6);;/q;;2*+1/p-2. The van der Waals surface area contributed by atoms with Crippen LogP contribution in [0.25, 0.3) is 0 Å². The average Bonchev–Trinajstić information content (AvgIpc) is 1.88. The zero-order valence-electron chi connectivity index (χ0n) is 9.05. The third-order valence-corrected chi connectivity index (χ3v) is 0.697. The Balaban J connectivity index is -0.0000000625. The first kappa shape index (κ1) is 23.9. The number of hydrogen-bond acceptors (Lipinski definition) is 4. The number of rotatable bonds is 2. The molecule has 14 heavy (non-hydrogen) atoms. The Kier molecular flexibility index (Phi) is 22.9. The van der Waals surface area contributed by atoms with Crippen LogP contribution in [0.5, 0.6) is 0 Å². The van der Waals surface area contributed by atoms with Gasteiger partial charge < -0.3 is 19.8 Å². The SMILES string of the molecule is C=C(C)C(=O)[O-].C=C(C)C(=O)[O-].[Na+].[Na+]. The molecule has 0 unspecified atom stereocenters. The molecule has 0 aromatic carbocycles. The molecular weight excluding hydrogens is 206 g/mol. The van der Waals surface area contributed by atoms with Gasteiger partial charge in [0.05, 0.1) is 11.9 Å². The van der Waals surface area contributed by atoms with Gasteiger partial charge in [-0.15, -0.1) is 0 Å². The van der Waals surface area contributed by atoms with E-state index in [1.807, 2.05) is 0 Å². The monoisotopic (exact) mass is 216 g/mol. The molecule has 0 aliphatic heterocycles. The van der Waals surface area contributed by atoms with Crippen molar-refractivity contribution < 1.29 is 78.9 Å². The second-order valence-corrected chi connectivity index (χ2v) is 2.14. The van der Waals surface area contributed by atoms with E-state index in [-0.39, 0.29) is 70.3 Å². The quantitative estimate of drug-likeness (QED) is 0.339. The maximum absolute atomic E-state index is 9.49. The molecule has 0 spiro atoms. The number of carboxylic acid groups (broad SMARTS) is 2. The minimum Gasteiger partial charge on any atom is -0.545 e. The zero-order chi connectivity index (χ0) is 10.3. The molecule has 0 fully saturated rings. The summed E-state index contributed by atoms with van der Waals surface area (Å²) in [5.74, 6) is -2.37. The van der Waals surface area contributed by atoms with E-state index in [2.05, 4.69) is 13.2 Å². The van der Waals surface area contributed by atoms with E-state index in [0.717, 1.165) is 0 Å². The van der Waals surface area contributed by atoms with Crippen LogP contribution >= 0.6 is 0 Å². The summed E-state index contributed by atoms with van der Waals surface area (Å²) in [6.45, 7) is 8.95. The molecule has 0 aromatic heterocycles. The van der Waals surface area contributed by atoms with Gasteiger partial charge in [-0.05, 0) is 25.0 Å². The first-order valence-corrected chi connectivity index (χ1v) is 3.02. The number of aliphatic carboxylic acids is 2. The molecular formula is C8H10Na2O4. The van der Waals surface area contributed by atoms with Crippen LogP contribution in [0.3, 0.4) is 0 Å². The fourth-order valence-corrected chi connectivity index (χ4v) is 0. The molecule has 0 rings (SSSR count). The van der Waals surface area contributed by atoms with Crippen LogP contribution in [0.4, 0.5) is 0 Å². The van der Waals surface area contributed by atoms with Gasteiger partial charge in [0.15, 0.2) is 0 Å². The Bertz CT molecular complexity index is 175. The maximum atomic E-state index is 9.49. The predicted octanol–water partition coefficient (Wildman–Crippen LogP) is -7.37. The van der Waals surface area contributed by atoms with Crippen LogP contribution in [0.15, 0.2) is 24.3 Å². The molecule has 0 N–H and O–H groups in total. The minimum atomic E-state index is -1.19. The Hall–Kier alpha value is 0.420. The summed E-state index contributed by atoms with van der Waals surface area (Å²) in [7, 11) is 0. The van der Waals surface area contributed by atoms with Gasteiger partial charge in [0.25, 0.3) is 0 Å². The van der Waals surface area contributed by atoms with E-state index in [1.165, 1.54) is 13.8 Å². The van der Waals surface area contributed by atoms with E-state index >= 15 is 0 Å². The fourth-order valence-electron chi connectivity index (χ4n) is 0. The second-order valence-electron chi connectivity index (χ2n) is 2.14. The Morgan fingerprint density at radius 1 is 0.857 bits per heavy atom. The van der Waals surface area contributed by atoms with Gasteiger partial charge in [-0.25, -0.2) is 0 Å². The summed E-state index contributed by atoms with van der Waals surface area (Å²) >= 11 is 0. The van der Waals surface area contributed by atoms with Gasteiger partial charge in [0.2, 0.25) is 0 Å². The van der Waals surface area contributed by atoms with Gasteiger partial charge >= 0.3 is 59.1 Å². The van der Waals surface area contributed by atoms with Crippen molar-refractivity contribution in [3.63, 3.8) is 0 Å². The first-order valence-electron chi connectivity index (χ1n) is 3.02. The third-order valence-electron chi connectivity index (χ3n) is 0.697. The molecule has 68 valence electrons. The Labute approximate surface area is 128 Å². The fraction of sp³-hybridized carbons (Fsp3) is 0.250. The third kappa shape index (κ3) is 22.8. The van der Waals surface area contributed by atoms with Crippen LogP contribution in [0.1, 0.15) is 13.8 Å². The first-order chi connectivity index (χ1) is 5.29. The summed E-state index contributed by atoms with van der Waals surface area (Å²) in [6, 6.07) is 0. The summed E-state index contributed by atoms with van der Waals surface area (Å²) < 4.78 is 0. The van der Waals surface area contributed by atoms with E-state index in [4.69, 9.17) is 0 Å². The zero-order valence-corrected chi connectivity index (χ0v) is 13.0. The summed E-state index contributed by atoms with van der Waals surface area (Å²) in [5, 5.41) is 19.0. The maximum Gasteiger partial charge on any atom is 1.00 e. The van der Waals surface area contributed by atoms with Crippen molar-refractivity contribution in [3.05, 3.63) is 24.3 Å². The van der Waals surface area contributed by atoms with E-state index < -0.39 is 11.9 Å². The van der Waals surface area contributed by atoms with Crippen molar-refractivity contribution in [2.24, 2.45) is 0 Å². The second kappa shape index (κ2) is 13.4. The molecule has 6 heteroatoms. The molecule has 0 atom stereocenters. The van der Waals surface area contributed by atoms with Crippen LogP contribution in [0, 0.1) is 0 Å². The number of carbonyl (C=O) groups excluding carboxylic acids is 2. The van der Waals surface area contributed by atoms with E-state index in [0.29, 0.717) is 0 Å². The molecule has 0 bridgehead atoms. The van der Waals surface area contributed by atoms with Crippen molar-refractivity contribution in [1.29, 1.82) is 0 Å². The average molecular weight is 216 g/mol. The van der Waals surface area contributed by atoms with Gasteiger partial charge in [0.1, 0.15) is 0 Å². The van der Waals surface area contributed by atoms with Crippen LogP contribution in [-0.4, -0.2) is 11.9 Å². The van der Waals surface area contributed by atoms with E-state index in [1.54, 1.807) is 0 Å². The normalized spacial score (nSPS) is 6.43. The molecule has 0 heterocycles. The van der Waals surface area contributed by atoms with Crippen molar-refractivity contribution in [3.8, 4) is 0 Å². The number of carboxylic acids is 2. The largest absolute Gasteiger partial charge is 1.00 e. The Morgan fingerprint density at radius 2 is 0.929 bits per heavy atom.